The third kappa shape index (κ3) is 4.29. The maximum Gasteiger partial charge on any atom is 0.308 e. The van der Waals surface area contributed by atoms with Crippen LogP contribution >= 0.6 is 11.6 Å². The number of ether oxygens (including phenoxy) is 1. The van der Waals surface area contributed by atoms with Gasteiger partial charge in [0.2, 0.25) is 0 Å². The molecule has 24 heavy (non-hydrogen) atoms. The Morgan fingerprint density at radius 2 is 2.17 bits per heavy atom. The van der Waals surface area contributed by atoms with Crippen molar-refractivity contribution in [1.82, 2.24) is 0 Å². The first-order valence-corrected chi connectivity index (χ1v) is 8.65. The van der Waals surface area contributed by atoms with Gasteiger partial charge in [0.25, 0.3) is 5.69 Å². The fourth-order valence-electron chi connectivity index (χ4n) is 2.55. The van der Waals surface area contributed by atoms with Gasteiger partial charge in [0.1, 0.15) is 5.02 Å². The van der Waals surface area contributed by atoms with Gasteiger partial charge in [-0.1, -0.05) is 11.6 Å². The number of hydrogen-bond acceptors (Lipinski definition) is 7. The zero-order valence-electron chi connectivity index (χ0n) is 12.8. The Hall–Kier alpha value is -1.55. The number of benzene rings is 1. The zero-order chi connectivity index (χ0) is 17.9. The summed E-state index contributed by atoms with van der Waals surface area (Å²) in [6.45, 7) is 0. The van der Waals surface area contributed by atoms with Crippen LogP contribution in [-0.2, 0) is 24.8 Å². The SMILES string of the molecule is COC(=O)C1CCC(N)C(OS(=O)c2ccc(Cl)c([N+](=O)[O-])c2)C1. The van der Waals surface area contributed by atoms with E-state index in [0.29, 0.717) is 12.8 Å². The number of nitro benzene ring substituents is 1. The van der Waals surface area contributed by atoms with Gasteiger partial charge >= 0.3 is 5.97 Å². The first-order chi connectivity index (χ1) is 11.3. The molecule has 1 aromatic rings. The van der Waals surface area contributed by atoms with Crippen molar-refractivity contribution in [2.45, 2.75) is 36.3 Å². The summed E-state index contributed by atoms with van der Waals surface area (Å²) in [5, 5.41) is 10.8. The van der Waals surface area contributed by atoms with Gasteiger partial charge < -0.3 is 10.5 Å². The summed E-state index contributed by atoms with van der Waals surface area (Å²) in [6.07, 6.45) is 0.781. The fraction of sp³-hybridized carbons (Fsp3) is 0.500. The van der Waals surface area contributed by atoms with E-state index in [1.807, 2.05) is 0 Å². The molecule has 0 heterocycles. The maximum atomic E-state index is 12.3. The number of nitro groups is 1. The lowest BCUT2D eigenvalue weighted by molar-refractivity contribution is -0.384. The fourth-order valence-corrected chi connectivity index (χ4v) is 3.68. The van der Waals surface area contributed by atoms with E-state index in [2.05, 4.69) is 0 Å². The molecule has 0 spiro atoms. The lowest BCUT2D eigenvalue weighted by Crippen LogP contribution is -2.44. The molecule has 4 atom stereocenters. The predicted octanol–water partition coefficient (Wildman–Crippen LogP) is 1.96. The van der Waals surface area contributed by atoms with Gasteiger partial charge in [-0.2, -0.15) is 0 Å². The summed E-state index contributed by atoms with van der Waals surface area (Å²) in [5.74, 6) is -0.722. The number of rotatable bonds is 5. The number of halogens is 1. The van der Waals surface area contributed by atoms with Crippen LogP contribution in [0.1, 0.15) is 19.3 Å². The number of carbonyl (C=O) groups is 1. The van der Waals surface area contributed by atoms with Gasteiger partial charge in [-0.3, -0.25) is 19.1 Å². The number of esters is 1. The monoisotopic (exact) mass is 376 g/mol. The Morgan fingerprint density at radius 3 is 2.79 bits per heavy atom. The van der Waals surface area contributed by atoms with Crippen LogP contribution < -0.4 is 5.73 Å². The molecular weight excluding hydrogens is 360 g/mol. The molecule has 132 valence electrons. The Balaban J connectivity index is 2.12. The van der Waals surface area contributed by atoms with Gasteiger partial charge in [0.15, 0.2) is 11.1 Å². The average molecular weight is 377 g/mol. The lowest BCUT2D eigenvalue weighted by atomic mass is 9.84. The first kappa shape index (κ1) is 18.8. The molecule has 8 nitrogen and oxygen atoms in total. The molecule has 0 aliphatic heterocycles. The van der Waals surface area contributed by atoms with Gasteiger partial charge in [0, 0.05) is 12.1 Å². The van der Waals surface area contributed by atoms with Crippen LogP contribution in [0.2, 0.25) is 5.02 Å². The molecule has 1 fully saturated rings. The smallest absolute Gasteiger partial charge is 0.308 e. The Kier molecular flexibility index (Phi) is 6.27. The Labute approximate surface area is 146 Å². The highest BCUT2D eigenvalue weighted by molar-refractivity contribution is 7.80. The van der Waals surface area contributed by atoms with Crippen molar-refractivity contribution in [2.75, 3.05) is 7.11 Å². The highest BCUT2D eigenvalue weighted by atomic mass is 35.5. The lowest BCUT2D eigenvalue weighted by Gasteiger charge is -2.31. The zero-order valence-corrected chi connectivity index (χ0v) is 14.4. The first-order valence-electron chi connectivity index (χ1n) is 7.19. The predicted molar refractivity (Wildman–Crippen MR) is 86.7 cm³/mol. The number of hydrogen-bond donors (Lipinski definition) is 1. The molecule has 4 unspecified atom stereocenters. The largest absolute Gasteiger partial charge is 0.469 e. The van der Waals surface area contributed by atoms with Crippen molar-refractivity contribution in [3.05, 3.63) is 33.3 Å². The number of nitrogens with zero attached hydrogens (tertiary/aromatic N) is 1. The normalized spacial score (nSPS) is 25.0. The summed E-state index contributed by atoms with van der Waals surface area (Å²) in [4.78, 5) is 22.0. The van der Waals surface area contributed by atoms with Gasteiger partial charge in [-0.25, -0.2) is 4.21 Å². The topological polar surface area (TPSA) is 122 Å². The van der Waals surface area contributed by atoms with Crippen LogP contribution in [0.15, 0.2) is 23.1 Å². The molecule has 1 aliphatic rings. The minimum absolute atomic E-state index is 0.0547. The van der Waals surface area contributed by atoms with Crippen LogP contribution in [0.5, 0.6) is 0 Å². The minimum Gasteiger partial charge on any atom is -0.469 e. The van der Waals surface area contributed by atoms with E-state index in [0.717, 1.165) is 6.07 Å². The number of carbonyl (C=O) groups excluding carboxylic acids is 1. The average Bonchev–Trinajstić information content (AvgIpc) is 2.56. The number of methoxy groups -OCH3 is 1. The summed E-state index contributed by atoms with van der Waals surface area (Å²) in [6, 6.07) is 3.40. The van der Waals surface area contributed by atoms with E-state index >= 15 is 0 Å². The standard InChI is InChI=1S/C14H17ClN2O6S/c1-22-14(18)8-2-5-11(16)13(6-8)23-24(21)9-3-4-10(15)12(7-9)17(19)20/h3-4,7-8,11,13H,2,5-6,16H2,1H3. The van der Waals surface area contributed by atoms with Crippen molar-refractivity contribution in [2.24, 2.45) is 11.7 Å². The van der Waals surface area contributed by atoms with Crippen LogP contribution in [0.3, 0.4) is 0 Å². The van der Waals surface area contributed by atoms with E-state index in [1.165, 1.54) is 19.2 Å². The molecule has 0 bridgehead atoms. The van der Waals surface area contributed by atoms with Crippen molar-refractivity contribution in [1.29, 1.82) is 0 Å². The second-order valence-corrected chi connectivity index (χ2v) is 6.98. The summed E-state index contributed by atoms with van der Waals surface area (Å²) < 4.78 is 22.5. The molecule has 10 heteroatoms. The Morgan fingerprint density at radius 1 is 1.46 bits per heavy atom. The maximum absolute atomic E-state index is 12.3. The van der Waals surface area contributed by atoms with E-state index in [1.54, 1.807) is 0 Å². The third-order valence-electron chi connectivity index (χ3n) is 3.90. The molecule has 0 aromatic heterocycles. The Bertz CT molecular complexity index is 671. The highest BCUT2D eigenvalue weighted by Gasteiger charge is 2.35. The summed E-state index contributed by atoms with van der Waals surface area (Å²) in [7, 11) is 1.30. The van der Waals surface area contributed by atoms with Gasteiger partial charge in [0.05, 0.1) is 29.0 Å². The molecule has 1 aliphatic carbocycles. The highest BCUT2D eigenvalue weighted by Crippen LogP contribution is 2.30. The molecule has 0 saturated heterocycles. The second kappa shape index (κ2) is 8.02. The summed E-state index contributed by atoms with van der Waals surface area (Å²) >= 11 is 3.77. The van der Waals surface area contributed by atoms with E-state index in [4.69, 9.17) is 26.3 Å². The van der Waals surface area contributed by atoms with Crippen molar-refractivity contribution in [3.8, 4) is 0 Å². The van der Waals surface area contributed by atoms with E-state index in [-0.39, 0.29) is 40.0 Å². The van der Waals surface area contributed by atoms with Crippen molar-refractivity contribution < 1.29 is 22.8 Å². The number of nitrogens with two attached hydrogens (primary N) is 1. The van der Waals surface area contributed by atoms with Crippen molar-refractivity contribution in [3.63, 3.8) is 0 Å². The summed E-state index contributed by atoms with van der Waals surface area (Å²) in [5.41, 5.74) is 5.62. The molecule has 0 radical (unpaired) electrons. The van der Waals surface area contributed by atoms with E-state index < -0.39 is 22.1 Å². The van der Waals surface area contributed by atoms with Gasteiger partial charge in [-0.15, -0.1) is 0 Å². The molecule has 1 saturated carbocycles. The van der Waals surface area contributed by atoms with Crippen LogP contribution in [0.4, 0.5) is 5.69 Å². The molecular formula is C14H17ClN2O6S. The third-order valence-corrected chi connectivity index (χ3v) is 5.28. The quantitative estimate of drug-likeness (QED) is 0.473. The molecule has 1 aromatic carbocycles. The molecule has 2 N–H and O–H groups in total. The minimum atomic E-state index is -1.96. The van der Waals surface area contributed by atoms with Crippen molar-refractivity contribution >= 4 is 34.3 Å². The van der Waals surface area contributed by atoms with Gasteiger partial charge in [-0.05, 0) is 31.4 Å². The molecule has 2 rings (SSSR count). The second-order valence-electron chi connectivity index (χ2n) is 5.44. The van der Waals surface area contributed by atoms with E-state index in [9.17, 15) is 19.1 Å². The van der Waals surface area contributed by atoms with Crippen LogP contribution in [0, 0.1) is 16.0 Å². The van der Waals surface area contributed by atoms with Crippen LogP contribution in [-0.4, -0.2) is 34.4 Å². The van der Waals surface area contributed by atoms with Crippen LogP contribution in [0.25, 0.3) is 0 Å². The molecule has 0 amide bonds.